The minimum absolute atomic E-state index is 0.235. The van der Waals surface area contributed by atoms with Gasteiger partial charge >= 0.3 is 0 Å². The van der Waals surface area contributed by atoms with Crippen molar-refractivity contribution in [3.8, 4) is 0 Å². The maximum absolute atomic E-state index is 13.6. The van der Waals surface area contributed by atoms with E-state index in [1.165, 1.54) is 6.07 Å². The number of halogens is 2. The van der Waals surface area contributed by atoms with E-state index < -0.39 is 6.10 Å². The summed E-state index contributed by atoms with van der Waals surface area (Å²) in [6.07, 6.45) is -0.613. The Balaban J connectivity index is 2.56. The molecule has 0 radical (unpaired) electrons. The summed E-state index contributed by atoms with van der Waals surface area (Å²) in [4.78, 5) is 0. The summed E-state index contributed by atoms with van der Waals surface area (Å²) in [6, 6.07) is 3.26. The molecule has 1 aromatic carbocycles. The molecule has 1 aliphatic heterocycles. The number of aliphatic hydroxyl groups is 1. The molecular formula is C11H12BrFOS. The van der Waals surface area contributed by atoms with Crippen LogP contribution in [0, 0.1) is 5.82 Å². The van der Waals surface area contributed by atoms with Crippen LogP contribution >= 0.6 is 27.7 Å². The van der Waals surface area contributed by atoms with Gasteiger partial charge in [-0.3, -0.25) is 0 Å². The Morgan fingerprint density at radius 3 is 2.87 bits per heavy atom. The quantitative estimate of drug-likeness (QED) is 0.787. The first-order chi connectivity index (χ1) is 6.92. The molecule has 2 rings (SSSR count). The van der Waals surface area contributed by atoms with Crippen molar-refractivity contribution in [1.29, 1.82) is 0 Å². The first kappa shape index (κ1) is 11.4. The summed E-state index contributed by atoms with van der Waals surface area (Å²) < 4.78 is 14.0. The van der Waals surface area contributed by atoms with Gasteiger partial charge in [-0.15, -0.1) is 11.8 Å². The summed E-state index contributed by atoms with van der Waals surface area (Å²) in [7, 11) is 0. The molecule has 1 unspecified atom stereocenters. The van der Waals surface area contributed by atoms with Gasteiger partial charge in [-0.1, -0.05) is 15.9 Å². The van der Waals surface area contributed by atoms with Gasteiger partial charge in [0.1, 0.15) is 5.82 Å². The van der Waals surface area contributed by atoms with E-state index in [4.69, 9.17) is 0 Å². The third-order valence-corrected chi connectivity index (χ3v) is 4.59. The number of fused-ring (bicyclic) bond motifs is 1. The highest BCUT2D eigenvalue weighted by atomic mass is 79.9. The van der Waals surface area contributed by atoms with Gasteiger partial charge in [0.2, 0.25) is 0 Å². The topological polar surface area (TPSA) is 20.2 Å². The number of hydrogen-bond acceptors (Lipinski definition) is 2. The second-order valence-corrected chi connectivity index (χ2v) is 6.80. The lowest BCUT2D eigenvalue weighted by atomic mass is 9.93. The van der Waals surface area contributed by atoms with Crippen molar-refractivity contribution < 1.29 is 9.50 Å². The van der Waals surface area contributed by atoms with Crippen LogP contribution in [0.25, 0.3) is 0 Å². The molecule has 1 aromatic rings. The SMILES string of the molecule is CC1(C)SCc2c(F)cc(Br)cc2C1O. The number of benzene rings is 1. The molecule has 1 heterocycles. The van der Waals surface area contributed by atoms with E-state index in [-0.39, 0.29) is 10.6 Å². The lowest BCUT2D eigenvalue weighted by Gasteiger charge is -2.36. The fourth-order valence-corrected chi connectivity index (χ4v) is 3.28. The van der Waals surface area contributed by atoms with Gasteiger partial charge in [-0.25, -0.2) is 4.39 Å². The van der Waals surface area contributed by atoms with Gasteiger partial charge in [0.25, 0.3) is 0 Å². The van der Waals surface area contributed by atoms with Crippen molar-refractivity contribution in [2.75, 3.05) is 0 Å². The molecule has 82 valence electrons. The van der Waals surface area contributed by atoms with Crippen LogP contribution in [0.4, 0.5) is 4.39 Å². The first-order valence-electron chi connectivity index (χ1n) is 4.71. The van der Waals surface area contributed by atoms with E-state index in [0.29, 0.717) is 21.4 Å². The largest absolute Gasteiger partial charge is 0.387 e. The Bertz CT molecular complexity index is 406. The van der Waals surface area contributed by atoms with Gasteiger partial charge in [0.05, 0.1) is 6.10 Å². The minimum Gasteiger partial charge on any atom is -0.387 e. The zero-order valence-electron chi connectivity index (χ0n) is 8.55. The summed E-state index contributed by atoms with van der Waals surface area (Å²) in [5, 5.41) is 10.1. The van der Waals surface area contributed by atoms with E-state index >= 15 is 0 Å². The highest BCUT2D eigenvalue weighted by Crippen LogP contribution is 2.46. The Morgan fingerprint density at radius 2 is 2.20 bits per heavy atom. The molecule has 1 nitrogen and oxygen atoms in total. The lowest BCUT2D eigenvalue weighted by Crippen LogP contribution is -2.30. The van der Waals surface area contributed by atoms with Gasteiger partial charge in [-0.05, 0) is 31.5 Å². The van der Waals surface area contributed by atoms with Gasteiger partial charge < -0.3 is 5.11 Å². The van der Waals surface area contributed by atoms with Crippen molar-refractivity contribution in [3.63, 3.8) is 0 Å². The molecule has 0 aliphatic carbocycles. The van der Waals surface area contributed by atoms with Gasteiger partial charge in [0.15, 0.2) is 0 Å². The monoisotopic (exact) mass is 290 g/mol. The maximum Gasteiger partial charge on any atom is 0.128 e. The van der Waals surface area contributed by atoms with Crippen LogP contribution in [0.15, 0.2) is 16.6 Å². The number of aliphatic hydroxyl groups excluding tert-OH is 1. The molecule has 0 saturated heterocycles. The van der Waals surface area contributed by atoms with Gasteiger partial charge in [0, 0.05) is 20.5 Å². The zero-order chi connectivity index (χ0) is 11.2. The van der Waals surface area contributed by atoms with E-state index in [1.807, 2.05) is 19.9 Å². The average Bonchev–Trinajstić information content (AvgIpc) is 2.12. The van der Waals surface area contributed by atoms with Crippen molar-refractivity contribution in [1.82, 2.24) is 0 Å². The fourth-order valence-electron chi connectivity index (χ4n) is 1.73. The highest BCUT2D eigenvalue weighted by Gasteiger charge is 2.36. The predicted octanol–water partition coefficient (Wildman–Crippen LogP) is 3.65. The predicted molar refractivity (Wildman–Crippen MR) is 64.4 cm³/mol. The van der Waals surface area contributed by atoms with Crippen LogP contribution in [0.3, 0.4) is 0 Å². The van der Waals surface area contributed by atoms with E-state index in [0.717, 1.165) is 0 Å². The van der Waals surface area contributed by atoms with Crippen molar-refractivity contribution in [3.05, 3.63) is 33.5 Å². The second-order valence-electron chi connectivity index (χ2n) is 4.25. The molecule has 0 fully saturated rings. The summed E-state index contributed by atoms with van der Waals surface area (Å²) >= 11 is 4.83. The average molecular weight is 291 g/mol. The number of rotatable bonds is 0. The van der Waals surface area contributed by atoms with E-state index in [2.05, 4.69) is 15.9 Å². The Labute approximate surface area is 101 Å². The number of hydrogen-bond donors (Lipinski definition) is 1. The van der Waals surface area contributed by atoms with Crippen molar-refractivity contribution in [2.45, 2.75) is 30.5 Å². The van der Waals surface area contributed by atoms with E-state index in [9.17, 15) is 9.50 Å². The second kappa shape index (κ2) is 3.75. The standard InChI is InChI=1S/C11H12BrFOS/c1-11(2)10(14)7-3-6(12)4-9(13)8(7)5-15-11/h3-4,10,14H,5H2,1-2H3. The fraction of sp³-hybridized carbons (Fsp3) is 0.455. The molecule has 1 N–H and O–H groups in total. The Hall–Kier alpha value is -0.0600. The van der Waals surface area contributed by atoms with E-state index in [1.54, 1.807) is 11.8 Å². The third-order valence-electron chi connectivity index (χ3n) is 2.74. The van der Waals surface area contributed by atoms with Crippen molar-refractivity contribution in [2.24, 2.45) is 0 Å². The molecule has 0 saturated carbocycles. The van der Waals surface area contributed by atoms with Gasteiger partial charge in [-0.2, -0.15) is 0 Å². The zero-order valence-corrected chi connectivity index (χ0v) is 11.0. The van der Waals surface area contributed by atoms with Crippen LogP contribution in [0.5, 0.6) is 0 Å². The van der Waals surface area contributed by atoms with Crippen LogP contribution in [-0.4, -0.2) is 9.85 Å². The summed E-state index contributed by atoms with van der Waals surface area (Å²) in [5.74, 6) is 0.389. The third kappa shape index (κ3) is 1.95. The molecule has 0 spiro atoms. The van der Waals surface area contributed by atoms with Crippen molar-refractivity contribution >= 4 is 27.7 Å². The minimum atomic E-state index is -0.613. The molecule has 1 atom stereocenters. The van der Waals surface area contributed by atoms with Crippen LogP contribution < -0.4 is 0 Å². The smallest absolute Gasteiger partial charge is 0.128 e. The van der Waals surface area contributed by atoms with Crippen LogP contribution in [0.2, 0.25) is 0 Å². The summed E-state index contributed by atoms with van der Waals surface area (Å²) in [5.41, 5.74) is 1.35. The molecule has 4 heteroatoms. The highest BCUT2D eigenvalue weighted by molar-refractivity contribution is 9.10. The molecule has 0 amide bonds. The Morgan fingerprint density at radius 1 is 1.53 bits per heavy atom. The summed E-state index contributed by atoms with van der Waals surface area (Å²) in [6.45, 7) is 3.95. The molecular weight excluding hydrogens is 279 g/mol. The lowest BCUT2D eigenvalue weighted by molar-refractivity contribution is 0.140. The molecule has 0 aromatic heterocycles. The molecule has 15 heavy (non-hydrogen) atoms. The maximum atomic E-state index is 13.6. The number of thioether (sulfide) groups is 1. The van der Waals surface area contributed by atoms with Crippen LogP contribution in [-0.2, 0) is 5.75 Å². The normalized spacial score (nSPS) is 23.7. The van der Waals surface area contributed by atoms with Crippen LogP contribution in [0.1, 0.15) is 31.1 Å². The Kier molecular flexibility index (Phi) is 2.86. The molecule has 0 bridgehead atoms. The first-order valence-corrected chi connectivity index (χ1v) is 6.49. The molecule has 1 aliphatic rings.